The summed E-state index contributed by atoms with van der Waals surface area (Å²) in [6.07, 6.45) is 4.85. The molecule has 23 heavy (non-hydrogen) atoms. The number of imide groups is 1. The minimum absolute atomic E-state index is 0.0937. The number of nitro groups is 1. The molecular formula is C16H14N2O5. The van der Waals surface area contributed by atoms with E-state index in [1.165, 1.54) is 25.3 Å². The second kappa shape index (κ2) is 4.65. The molecule has 7 nitrogen and oxygen atoms in total. The summed E-state index contributed by atoms with van der Waals surface area (Å²) in [4.78, 5) is 37.1. The van der Waals surface area contributed by atoms with Crippen molar-refractivity contribution < 1.29 is 19.2 Å². The van der Waals surface area contributed by atoms with E-state index in [9.17, 15) is 19.7 Å². The zero-order valence-electron chi connectivity index (χ0n) is 12.3. The third kappa shape index (κ3) is 1.76. The molecule has 0 aromatic heterocycles. The fourth-order valence-corrected chi connectivity index (χ4v) is 4.11. The lowest BCUT2D eigenvalue weighted by Crippen LogP contribution is -2.33. The Morgan fingerprint density at radius 3 is 2.30 bits per heavy atom. The molecule has 2 aliphatic carbocycles. The number of non-ortho nitro benzene ring substituents is 1. The number of anilines is 1. The lowest BCUT2D eigenvalue weighted by Gasteiger charge is -2.19. The van der Waals surface area contributed by atoms with Crippen LogP contribution in [-0.4, -0.2) is 23.8 Å². The second-order valence-corrected chi connectivity index (χ2v) is 6.13. The Kier molecular flexibility index (Phi) is 2.81. The van der Waals surface area contributed by atoms with Gasteiger partial charge in [0.25, 0.3) is 5.69 Å². The van der Waals surface area contributed by atoms with E-state index in [0.29, 0.717) is 0 Å². The van der Waals surface area contributed by atoms with Crippen LogP contribution in [0.15, 0.2) is 30.4 Å². The number of carbonyl (C=O) groups is 2. The number of allylic oxidation sites excluding steroid dienone is 2. The van der Waals surface area contributed by atoms with Crippen LogP contribution in [0.3, 0.4) is 0 Å². The summed E-state index contributed by atoms with van der Waals surface area (Å²) in [5, 5.41) is 11.0. The normalized spacial score (nSPS) is 30.9. The average molecular weight is 314 g/mol. The van der Waals surface area contributed by atoms with E-state index >= 15 is 0 Å². The van der Waals surface area contributed by atoms with Gasteiger partial charge in [0.2, 0.25) is 11.8 Å². The highest BCUT2D eigenvalue weighted by molar-refractivity contribution is 6.23. The van der Waals surface area contributed by atoms with Crippen molar-refractivity contribution in [3.05, 3.63) is 40.5 Å². The molecule has 1 aliphatic heterocycles. The lowest BCUT2D eigenvalue weighted by atomic mass is 9.85. The number of nitrogens with zero attached hydrogens (tertiary/aromatic N) is 2. The molecule has 118 valence electrons. The van der Waals surface area contributed by atoms with Gasteiger partial charge in [0, 0.05) is 12.1 Å². The number of fused-ring (bicyclic) bond motifs is 5. The lowest BCUT2D eigenvalue weighted by molar-refractivity contribution is -0.384. The van der Waals surface area contributed by atoms with Crippen LogP contribution in [0.2, 0.25) is 0 Å². The SMILES string of the molecule is COc1ccc([N+](=O)[O-])cc1N1C(=O)[C@@H]2[C@@H](C1=O)[C@@H]1C=C[C@@H]2C1. The first-order valence-corrected chi connectivity index (χ1v) is 7.41. The Bertz CT molecular complexity index is 742. The number of benzene rings is 1. The first-order chi connectivity index (χ1) is 11.0. The van der Waals surface area contributed by atoms with Crippen LogP contribution >= 0.6 is 0 Å². The summed E-state index contributed by atoms with van der Waals surface area (Å²) in [7, 11) is 1.40. The van der Waals surface area contributed by atoms with Crippen LogP contribution in [0.4, 0.5) is 11.4 Å². The highest BCUT2D eigenvalue weighted by Gasteiger charge is 2.60. The largest absolute Gasteiger partial charge is 0.495 e. The molecule has 4 rings (SSSR count). The third-order valence-electron chi connectivity index (χ3n) is 5.08. The van der Waals surface area contributed by atoms with Crippen molar-refractivity contribution in [2.24, 2.45) is 23.7 Å². The van der Waals surface area contributed by atoms with E-state index in [4.69, 9.17) is 4.74 Å². The highest BCUT2D eigenvalue weighted by atomic mass is 16.6. The van der Waals surface area contributed by atoms with Crippen LogP contribution in [-0.2, 0) is 9.59 Å². The zero-order valence-corrected chi connectivity index (χ0v) is 12.3. The van der Waals surface area contributed by atoms with Gasteiger partial charge in [-0.1, -0.05) is 12.2 Å². The highest BCUT2D eigenvalue weighted by Crippen LogP contribution is 2.54. The monoisotopic (exact) mass is 314 g/mol. The molecule has 0 unspecified atom stereocenters. The fourth-order valence-electron chi connectivity index (χ4n) is 4.11. The van der Waals surface area contributed by atoms with Crippen molar-refractivity contribution >= 4 is 23.2 Å². The summed E-state index contributed by atoms with van der Waals surface area (Å²) in [5.74, 6) is -0.793. The Balaban J connectivity index is 1.80. The Morgan fingerprint density at radius 1 is 1.17 bits per heavy atom. The number of ether oxygens (including phenoxy) is 1. The molecule has 4 atom stereocenters. The molecule has 1 saturated carbocycles. The molecule has 1 aromatic carbocycles. The first kappa shape index (κ1) is 13.9. The molecule has 0 N–H and O–H groups in total. The maximum Gasteiger partial charge on any atom is 0.271 e. The first-order valence-electron chi connectivity index (χ1n) is 7.41. The Labute approximate surface area is 131 Å². The zero-order chi connectivity index (χ0) is 16.3. The van der Waals surface area contributed by atoms with Crippen LogP contribution < -0.4 is 9.64 Å². The number of amides is 2. The van der Waals surface area contributed by atoms with Gasteiger partial charge in [-0.15, -0.1) is 0 Å². The Morgan fingerprint density at radius 2 is 1.78 bits per heavy atom. The van der Waals surface area contributed by atoms with E-state index in [2.05, 4.69) is 0 Å². The molecule has 3 aliphatic rings. The number of nitro benzene ring substituents is 1. The molecule has 0 radical (unpaired) electrons. The molecular weight excluding hydrogens is 300 g/mol. The van der Waals surface area contributed by atoms with Crippen molar-refractivity contribution in [1.29, 1.82) is 0 Å². The molecule has 1 heterocycles. The van der Waals surface area contributed by atoms with Gasteiger partial charge >= 0.3 is 0 Å². The predicted molar refractivity (Wildman–Crippen MR) is 79.9 cm³/mol. The molecule has 1 aromatic rings. The standard InChI is InChI=1S/C16H14N2O5/c1-23-12-5-4-10(18(21)22)7-11(12)17-15(19)13-8-2-3-9(6-8)14(13)16(17)20/h2-5,7-9,13-14H,6H2,1H3/t8-,9-,13+,14+/m1/s1. The van der Waals surface area contributed by atoms with Crippen LogP contribution in [0.5, 0.6) is 5.75 Å². The Hall–Kier alpha value is -2.70. The van der Waals surface area contributed by atoms with Crippen LogP contribution in [0.25, 0.3) is 0 Å². The van der Waals surface area contributed by atoms with Gasteiger partial charge in [0.1, 0.15) is 11.4 Å². The second-order valence-electron chi connectivity index (χ2n) is 6.13. The number of carbonyl (C=O) groups excluding carboxylic acids is 2. The molecule has 2 amide bonds. The van der Waals surface area contributed by atoms with Crippen molar-refractivity contribution in [2.45, 2.75) is 6.42 Å². The topological polar surface area (TPSA) is 89.8 Å². The summed E-state index contributed by atoms with van der Waals surface area (Å²) in [6, 6.07) is 3.93. The van der Waals surface area contributed by atoms with Gasteiger partial charge in [-0.25, -0.2) is 4.90 Å². The predicted octanol–water partition coefficient (Wildman–Crippen LogP) is 1.91. The summed E-state index contributed by atoms with van der Waals surface area (Å²) < 4.78 is 5.20. The number of hydrogen-bond acceptors (Lipinski definition) is 5. The van der Waals surface area contributed by atoms with E-state index < -0.39 is 4.92 Å². The summed E-state index contributed by atoms with van der Waals surface area (Å²) in [6.45, 7) is 0. The maximum atomic E-state index is 12.8. The molecule has 2 fully saturated rings. The van der Waals surface area contributed by atoms with E-state index in [-0.39, 0.29) is 52.6 Å². The molecule has 1 saturated heterocycles. The van der Waals surface area contributed by atoms with Gasteiger partial charge < -0.3 is 4.74 Å². The van der Waals surface area contributed by atoms with Crippen molar-refractivity contribution in [3.8, 4) is 5.75 Å². The third-order valence-corrected chi connectivity index (χ3v) is 5.08. The fraction of sp³-hybridized carbons (Fsp3) is 0.375. The van der Waals surface area contributed by atoms with Gasteiger partial charge in [-0.3, -0.25) is 19.7 Å². The minimum atomic E-state index is -0.556. The smallest absolute Gasteiger partial charge is 0.271 e. The van der Waals surface area contributed by atoms with Crippen LogP contribution in [0, 0.1) is 33.8 Å². The number of rotatable bonds is 3. The average Bonchev–Trinajstić information content (AvgIpc) is 3.21. The van der Waals surface area contributed by atoms with Crippen molar-refractivity contribution in [2.75, 3.05) is 12.0 Å². The number of hydrogen-bond donors (Lipinski definition) is 0. The number of methoxy groups -OCH3 is 1. The van der Waals surface area contributed by atoms with Crippen LogP contribution in [0.1, 0.15) is 6.42 Å². The van der Waals surface area contributed by atoms with Gasteiger partial charge in [-0.05, 0) is 24.3 Å². The quantitative estimate of drug-likeness (QED) is 0.368. The van der Waals surface area contributed by atoms with Gasteiger partial charge in [0.05, 0.1) is 23.9 Å². The molecule has 7 heteroatoms. The molecule has 2 bridgehead atoms. The summed E-state index contributed by atoms with van der Waals surface area (Å²) >= 11 is 0. The van der Waals surface area contributed by atoms with Gasteiger partial charge in [-0.2, -0.15) is 0 Å². The van der Waals surface area contributed by atoms with E-state index in [1.807, 2.05) is 12.2 Å². The summed E-state index contributed by atoms with van der Waals surface area (Å²) in [5.41, 5.74) is -0.0231. The maximum absolute atomic E-state index is 12.8. The van der Waals surface area contributed by atoms with Crippen molar-refractivity contribution in [3.63, 3.8) is 0 Å². The minimum Gasteiger partial charge on any atom is -0.495 e. The van der Waals surface area contributed by atoms with Crippen molar-refractivity contribution in [1.82, 2.24) is 0 Å². The van der Waals surface area contributed by atoms with E-state index in [1.54, 1.807) is 0 Å². The van der Waals surface area contributed by atoms with Gasteiger partial charge in [0.15, 0.2) is 0 Å². The molecule has 0 spiro atoms. The van der Waals surface area contributed by atoms with E-state index in [0.717, 1.165) is 11.3 Å².